The van der Waals surface area contributed by atoms with Gasteiger partial charge in [0, 0.05) is 24.5 Å². The first kappa shape index (κ1) is 20.5. The van der Waals surface area contributed by atoms with Crippen LogP contribution in [-0.2, 0) is 6.42 Å². The highest BCUT2D eigenvalue weighted by Crippen LogP contribution is 2.29. The molecule has 0 saturated carbocycles. The Hall–Kier alpha value is -2.73. The van der Waals surface area contributed by atoms with Crippen LogP contribution in [0.2, 0.25) is 5.02 Å². The van der Waals surface area contributed by atoms with Gasteiger partial charge in [-0.25, -0.2) is 0 Å². The van der Waals surface area contributed by atoms with Crippen LogP contribution in [0.25, 0.3) is 5.69 Å². The van der Waals surface area contributed by atoms with Crippen molar-refractivity contribution in [3.63, 3.8) is 0 Å². The van der Waals surface area contributed by atoms with Crippen molar-refractivity contribution in [3.05, 3.63) is 70.8 Å². The molecule has 1 fully saturated rings. The van der Waals surface area contributed by atoms with E-state index in [9.17, 15) is 4.79 Å². The van der Waals surface area contributed by atoms with E-state index in [-0.39, 0.29) is 11.9 Å². The molecule has 0 spiro atoms. The summed E-state index contributed by atoms with van der Waals surface area (Å²) < 4.78 is 0. The number of hydrogen-bond donors (Lipinski definition) is 0. The molecule has 1 aliphatic heterocycles. The van der Waals surface area contributed by atoms with Crippen molar-refractivity contribution in [2.24, 2.45) is 5.92 Å². The quantitative estimate of drug-likeness (QED) is 0.606. The first-order chi connectivity index (χ1) is 14.5. The molecule has 0 aliphatic carbocycles. The zero-order chi connectivity index (χ0) is 21.1. The van der Waals surface area contributed by atoms with E-state index in [0.717, 1.165) is 43.5 Å². The average Bonchev–Trinajstić information content (AvgIpc) is 3.28. The summed E-state index contributed by atoms with van der Waals surface area (Å²) in [6.45, 7) is 5.01. The second-order valence-electron chi connectivity index (χ2n) is 8.03. The maximum Gasteiger partial charge on any atom is 0.256 e. The molecule has 1 aliphatic rings. The van der Waals surface area contributed by atoms with Gasteiger partial charge in [0.25, 0.3) is 5.91 Å². The van der Waals surface area contributed by atoms with E-state index in [1.54, 1.807) is 18.6 Å². The number of nitrogens with zero attached hydrogens (tertiary/aromatic N) is 5. The number of aryl methyl sites for hydroxylation is 2. The van der Waals surface area contributed by atoms with Crippen LogP contribution in [0.5, 0.6) is 0 Å². The fourth-order valence-corrected chi connectivity index (χ4v) is 4.39. The Balaban J connectivity index is 1.60. The number of pyridine rings is 1. The summed E-state index contributed by atoms with van der Waals surface area (Å²) in [6, 6.07) is 9.85. The molecule has 7 heteroatoms. The molecule has 1 aromatic carbocycles. The third kappa shape index (κ3) is 4.38. The third-order valence-corrected chi connectivity index (χ3v) is 6.10. The van der Waals surface area contributed by atoms with Gasteiger partial charge in [-0.05, 0) is 62.8 Å². The Bertz CT molecular complexity index is 1000. The largest absolute Gasteiger partial charge is 0.335 e. The third-order valence-electron chi connectivity index (χ3n) is 5.88. The topological polar surface area (TPSA) is 63.9 Å². The maximum atomic E-state index is 13.7. The van der Waals surface area contributed by atoms with Gasteiger partial charge in [0.1, 0.15) is 0 Å². The van der Waals surface area contributed by atoms with Crippen molar-refractivity contribution in [2.75, 3.05) is 6.54 Å². The summed E-state index contributed by atoms with van der Waals surface area (Å²) in [5.74, 6) is 0.484. The van der Waals surface area contributed by atoms with E-state index in [1.807, 2.05) is 42.2 Å². The second-order valence-corrected chi connectivity index (χ2v) is 8.47. The van der Waals surface area contributed by atoms with Crippen molar-refractivity contribution < 1.29 is 4.79 Å². The molecule has 0 bridgehead atoms. The standard InChI is InChI=1S/C23H26ClN5O/c1-16-5-9-22(29-26-11-12-27-29)20(14-16)23(30)28-13-3-4-17(2)21(28)10-8-19-7-6-18(24)15-25-19/h5-7,9,11-12,14-15,17,21H,3-4,8,10,13H2,1-2H3/t17-,21-/m1/s1. The number of rotatable bonds is 5. The number of halogens is 1. The Morgan fingerprint density at radius 1 is 1.20 bits per heavy atom. The molecule has 0 radical (unpaired) electrons. The van der Waals surface area contributed by atoms with Gasteiger partial charge < -0.3 is 4.90 Å². The van der Waals surface area contributed by atoms with Crippen LogP contribution in [0.1, 0.15) is 47.8 Å². The van der Waals surface area contributed by atoms with E-state index in [4.69, 9.17) is 11.6 Å². The fraction of sp³-hybridized carbons (Fsp3) is 0.391. The molecule has 0 N–H and O–H groups in total. The van der Waals surface area contributed by atoms with Gasteiger partial charge in [0.2, 0.25) is 0 Å². The molecular formula is C23H26ClN5O. The Morgan fingerprint density at radius 3 is 2.73 bits per heavy atom. The number of hydrogen-bond acceptors (Lipinski definition) is 4. The molecule has 2 aromatic heterocycles. The molecular weight excluding hydrogens is 398 g/mol. The molecule has 2 atom stereocenters. The molecule has 4 rings (SSSR count). The number of piperidine rings is 1. The Morgan fingerprint density at radius 2 is 2.00 bits per heavy atom. The van der Waals surface area contributed by atoms with E-state index in [2.05, 4.69) is 22.1 Å². The van der Waals surface area contributed by atoms with Gasteiger partial charge in [-0.2, -0.15) is 15.0 Å². The van der Waals surface area contributed by atoms with Crippen molar-refractivity contribution >= 4 is 17.5 Å². The van der Waals surface area contributed by atoms with Gasteiger partial charge in [-0.3, -0.25) is 9.78 Å². The van der Waals surface area contributed by atoms with Crippen molar-refractivity contribution in [1.29, 1.82) is 0 Å². The molecule has 3 aromatic rings. The average molecular weight is 424 g/mol. The van der Waals surface area contributed by atoms with Gasteiger partial charge in [0.05, 0.1) is 28.7 Å². The highest BCUT2D eigenvalue weighted by Gasteiger charge is 2.33. The number of carbonyl (C=O) groups excluding carboxylic acids is 1. The second kappa shape index (κ2) is 8.96. The normalized spacial score (nSPS) is 19.1. The summed E-state index contributed by atoms with van der Waals surface area (Å²) in [5.41, 5.74) is 3.41. The van der Waals surface area contributed by atoms with Crippen LogP contribution in [0.15, 0.2) is 48.9 Å². The lowest BCUT2D eigenvalue weighted by molar-refractivity contribution is 0.0498. The lowest BCUT2D eigenvalue weighted by Gasteiger charge is -2.40. The SMILES string of the molecule is Cc1ccc(-n2nccn2)c(C(=O)N2CCC[C@@H](C)[C@H]2CCc2ccc(Cl)cn2)c1. The monoisotopic (exact) mass is 423 g/mol. The minimum absolute atomic E-state index is 0.0478. The van der Waals surface area contributed by atoms with Crippen molar-refractivity contribution in [2.45, 2.75) is 45.6 Å². The van der Waals surface area contributed by atoms with Crippen LogP contribution in [0.3, 0.4) is 0 Å². The zero-order valence-electron chi connectivity index (χ0n) is 17.3. The minimum Gasteiger partial charge on any atom is -0.335 e. The van der Waals surface area contributed by atoms with E-state index in [0.29, 0.717) is 22.2 Å². The summed E-state index contributed by atoms with van der Waals surface area (Å²) in [6.07, 6.45) is 8.77. The van der Waals surface area contributed by atoms with E-state index < -0.39 is 0 Å². The number of likely N-dealkylation sites (tertiary alicyclic amines) is 1. The van der Waals surface area contributed by atoms with Gasteiger partial charge >= 0.3 is 0 Å². The van der Waals surface area contributed by atoms with E-state index in [1.165, 1.54) is 4.80 Å². The van der Waals surface area contributed by atoms with Crippen LogP contribution < -0.4 is 0 Å². The van der Waals surface area contributed by atoms with Crippen molar-refractivity contribution in [1.82, 2.24) is 24.9 Å². The predicted octanol–water partition coefficient (Wildman–Crippen LogP) is 4.50. The fourth-order valence-electron chi connectivity index (χ4n) is 4.28. The molecule has 0 unspecified atom stereocenters. The minimum atomic E-state index is 0.0478. The highest BCUT2D eigenvalue weighted by atomic mass is 35.5. The van der Waals surface area contributed by atoms with Gasteiger partial charge in [-0.1, -0.05) is 30.2 Å². The molecule has 156 valence electrons. The number of aromatic nitrogens is 4. The molecule has 6 nitrogen and oxygen atoms in total. The first-order valence-corrected chi connectivity index (χ1v) is 10.8. The lowest BCUT2D eigenvalue weighted by atomic mass is 9.86. The first-order valence-electron chi connectivity index (χ1n) is 10.4. The summed E-state index contributed by atoms with van der Waals surface area (Å²) in [7, 11) is 0. The van der Waals surface area contributed by atoms with Gasteiger partial charge in [-0.15, -0.1) is 0 Å². The molecule has 1 saturated heterocycles. The lowest BCUT2D eigenvalue weighted by Crippen LogP contribution is -2.48. The predicted molar refractivity (Wildman–Crippen MR) is 117 cm³/mol. The van der Waals surface area contributed by atoms with Crippen LogP contribution in [0, 0.1) is 12.8 Å². The maximum absolute atomic E-state index is 13.7. The Labute approximate surface area is 181 Å². The Kier molecular flexibility index (Phi) is 6.13. The summed E-state index contributed by atoms with van der Waals surface area (Å²) in [5, 5.41) is 9.11. The summed E-state index contributed by atoms with van der Waals surface area (Å²) >= 11 is 5.96. The highest BCUT2D eigenvalue weighted by molar-refractivity contribution is 6.30. The molecule has 1 amide bonds. The van der Waals surface area contributed by atoms with Crippen LogP contribution in [-0.4, -0.2) is 43.4 Å². The smallest absolute Gasteiger partial charge is 0.256 e. The zero-order valence-corrected chi connectivity index (χ0v) is 18.1. The van der Waals surface area contributed by atoms with Crippen molar-refractivity contribution in [3.8, 4) is 5.69 Å². The van der Waals surface area contributed by atoms with E-state index >= 15 is 0 Å². The summed E-state index contributed by atoms with van der Waals surface area (Å²) in [4.78, 5) is 21.7. The molecule has 3 heterocycles. The molecule has 30 heavy (non-hydrogen) atoms. The van der Waals surface area contributed by atoms with Crippen LogP contribution >= 0.6 is 11.6 Å². The number of amides is 1. The number of carbonyl (C=O) groups is 1. The van der Waals surface area contributed by atoms with Gasteiger partial charge in [0.15, 0.2) is 0 Å². The van der Waals surface area contributed by atoms with Crippen LogP contribution in [0.4, 0.5) is 0 Å². The number of benzene rings is 1.